The smallest absolute Gasteiger partial charge is 0.171 e. The van der Waals surface area contributed by atoms with Gasteiger partial charge in [0.2, 0.25) is 0 Å². The van der Waals surface area contributed by atoms with Gasteiger partial charge in [0, 0.05) is 17.0 Å². The second-order valence-electron chi connectivity index (χ2n) is 7.05. The molecular weight excluding hydrogens is 532 g/mol. The van der Waals surface area contributed by atoms with Crippen LogP contribution < -0.4 is 9.47 Å². The normalized spacial score (nSPS) is 10.9. The molecule has 0 aliphatic carbocycles. The van der Waals surface area contributed by atoms with Crippen LogP contribution in [0.5, 0.6) is 17.2 Å². The van der Waals surface area contributed by atoms with E-state index < -0.39 is 0 Å². The summed E-state index contributed by atoms with van der Waals surface area (Å²) in [4.78, 5) is 13.2. The highest BCUT2D eigenvalue weighted by Gasteiger charge is 2.21. The number of ketones is 1. The van der Waals surface area contributed by atoms with Gasteiger partial charge >= 0.3 is 0 Å². The fourth-order valence-corrected chi connectivity index (χ4v) is 4.27. The third-order valence-corrected chi connectivity index (χ3v) is 6.03. The monoisotopic (exact) mass is 549 g/mol. The molecule has 0 aliphatic heterocycles. The van der Waals surface area contributed by atoms with Gasteiger partial charge in [-0.2, -0.15) is 0 Å². The van der Waals surface area contributed by atoms with Crippen molar-refractivity contribution in [1.82, 2.24) is 0 Å². The Morgan fingerprint density at radius 2 is 1.70 bits per heavy atom. The molecule has 6 heteroatoms. The molecule has 0 aliphatic rings. The van der Waals surface area contributed by atoms with Gasteiger partial charge in [0.25, 0.3) is 0 Å². The first-order valence-corrected chi connectivity index (χ1v) is 11.3. The van der Waals surface area contributed by atoms with E-state index in [-0.39, 0.29) is 18.1 Å². The second-order valence-corrected chi connectivity index (χ2v) is 9.20. The molecule has 3 aromatic carbocycles. The topological polar surface area (TPSA) is 35.5 Å². The van der Waals surface area contributed by atoms with Gasteiger partial charge < -0.3 is 9.47 Å². The first-order valence-electron chi connectivity index (χ1n) is 9.32. The Bertz CT molecular complexity index is 1040. The van der Waals surface area contributed by atoms with Crippen LogP contribution in [0, 0.1) is 6.07 Å². The summed E-state index contributed by atoms with van der Waals surface area (Å²) in [6, 6.07) is 17.4. The van der Waals surface area contributed by atoms with Crippen molar-refractivity contribution in [1.29, 1.82) is 0 Å². The first kappa shape index (κ1) is 22.9. The van der Waals surface area contributed by atoms with Gasteiger partial charge in [-0.05, 0) is 85.8 Å². The number of benzene rings is 3. The zero-order chi connectivity index (χ0) is 21.8. The SMILES string of the molecule is COc1cc(C(=O)Cc2ccc(Cl)cc2)c(Oc2c(Br)c[c]cc2Br)cc1C(C)C. The molecule has 0 bridgehead atoms. The molecule has 0 spiro atoms. The zero-order valence-electron chi connectivity index (χ0n) is 16.8. The van der Waals surface area contributed by atoms with E-state index in [0.29, 0.717) is 27.8 Å². The summed E-state index contributed by atoms with van der Waals surface area (Å²) in [5.74, 6) is 1.84. The molecule has 155 valence electrons. The summed E-state index contributed by atoms with van der Waals surface area (Å²) >= 11 is 13.0. The van der Waals surface area contributed by atoms with Gasteiger partial charge in [-0.15, -0.1) is 0 Å². The number of hydrogen-bond donors (Lipinski definition) is 0. The van der Waals surface area contributed by atoms with Crippen LogP contribution in [0.25, 0.3) is 0 Å². The van der Waals surface area contributed by atoms with Crippen LogP contribution in [0.15, 0.2) is 57.5 Å². The maximum Gasteiger partial charge on any atom is 0.171 e. The van der Waals surface area contributed by atoms with Gasteiger partial charge in [-0.3, -0.25) is 4.79 Å². The molecule has 0 heterocycles. The highest BCUT2D eigenvalue weighted by molar-refractivity contribution is 9.11. The number of rotatable bonds is 7. The lowest BCUT2D eigenvalue weighted by atomic mass is 9.96. The van der Waals surface area contributed by atoms with Crippen molar-refractivity contribution >= 4 is 49.2 Å². The summed E-state index contributed by atoms with van der Waals surface area (Å²) in [6.45, 7) is 4.14. The molecule has 0 amide bonds. The molecular formula is C24H20Br2ClO3. The van der Waals surface area contributed by atoms with E-state index in [1.54, 1.807) is 37.4 Å². The number of halogens is 3. The summed E-state index contributed by atoms with van der Waals surface area (Å²) in [5, 5.41) is 0.633. The zero-order valence-corrected chi connectivity index (χ0v) is 20.7. The van der Waals surface area contributed by atoms with E-state index in [0.717, 1.165) is 20.1 Å². The maximum absolute atomic E-state index is 13.2. The van der Waals surface area contributed by atoms with Gasteiger partial charge in [0.15, 0.2) is 11.5 Å². The van der Waals surface area contributed by atoms with Gasteiger partial charge in [-0.1, -0.05) is 37.6 Å². The van der Waals surface area contributed by atoms with Crippen LogP contribution in [-0.4, -0.2) is 12.9 Å². The highest BCUT2D eigenvalue weighted by Crippen LogP contribution is 2.41. The molecule has 0 aromatic heterocycles. The molecule has 0 fully saturated rings. The van der Waals surface area contributed by atoms with E-state index in [2.05, 4.69) is 51.8 Å². The van der Waals surface area contributed by atoms with Crippen LogP contribution in [0.2, 0.25) is 5.02 Å². The molecule has 3 rings (SSSR count). The number of carbonyl (C=O) groups is 1. The highest BCUT2D eigenvalue weighted by atomic mass is 79.9. The van der Waals surface area contributed by atoms with Crippen molar-refractivity contribution in [2.75, 3.05) is 7.11 Å². The quantitative estimate of drug-likeness (QED) is 0.279. The fraction of sp³-hybridized carbons (Fsp3) is 0.208. The number of Topliss-reactive ketones (excluding diaryl/α,β-unsaturated/α-hetero) is 1. The Hall–Kier alpha value is -1.82. The molecule has 30 heavy (non-hydrogen) atoms. The summed E-state index contributed by atoms with van der Waals surface area (Å²) in [7, 11) is 1.61. The van der Waals surface area contributed by atoms with Gasteiger partial charge in [0.05, 0.1) is 21.6 Å². The van der Waals surface area contributed by atoms with E-state index in [9.17, 15) is 4.79 Å². The van der Waals surface area contributed by atoms with E-state index in [4.69, 9.17) is 21.1 Å². The largest absolute Gasteiger partial charge is 0.496 e. The van der Waals surface area contributed by atoms with Crippen molar-refractivity contribution in [3.8, 4) is 17.2 Å². The Kier molecular flexibility index (Phi) is 7.61. The molecule has 0 N–H and O–H groups in total. The Morgan fingerprint density at radius 1 is 1.07 bits per heavy atom. The van der Waals surface area contributed by atoms with Crippen LogP contribution in [-0.2, 0) is 6.42 Å². The van der Waals surface area contributed by atoms with Crippen LogP contribution in [0.3, 0.4) is 0 Å². The van der Waals surface area contributed by atoms with Crippen molar-refractivity contribution < 1.29 is 14.3 Å². The van der Waals surface area contributed by atoms with Gasteiger partial charge in [0.1, 0.15) is 11.5 Å². The predicted molar refractivity (Wildman–Crippen MR) is 127 cm³/mol. The van der Waals surface area contributed by atoms with E-state index in [1.807, 2.05) is 18.2 Å². The summed E-state index contributed by atoms with van der Waals surface area (Å²) in [5.41, 5.74) is 2.29. The molecule has 3 aromatic rings. The molecule has 1 radical (unpaired) electrons. The average molecular weight is 552 g/mol. The minimum Gasteiger partial charge on any atom is -0.496 e. The standard InChI is InChI=1S/C24H20Br2ClO3/c1-14(2)17-12-23(30-24-19(25)5-4-6-20(24)26)18(13-22(17)29-3)21(28)11-15-7-9-16(27)10-8-15/h5-10,12-14H,11H2,1-3H3. The van der Waals surface area contributed by atoms with Crippen LogP contribution in [0.1, 0.15) is 41.3 Å². The predicted octanol–water partition coefficient (Wildman–Crippen LogP) is 8.01. The van der Waals surface area contributed by atoms with Crippen LogP contribution in [0.4, 0.5) is 0 Å². The molecule has 0 unspecified atom stereocenters. The lowest BCUT2D eigenvalue weighted by molar-refractivity contribution is 0.0990. The third-order valence-electron chi connectivity index (χ3n) is 4.60. The Balaban J connectivity index is 2.07. The molecule has 3 nitrogen and oxygen atoms in total. The van der Waals surface area contributed by atoms with Crippen LogP contribution >= 0.6 is 43.5 Å². The second kappa shape index (κ2) is 9.99. The number of carbonyl (C=O) groups excluding carboxylic acids is 1. The Morgan fingerprint density at radius 3 is 2.27 bits per heavy atom. The number of hydrogen-bond acceptors (Lipinski definition) is 3. The lowest BCUT2D eigenvalue weighted by Gasteiger charge is -2.18. The van der Waals surface area contributed by atoms with Crippen molar-refractivity contribution in [2.24, 2.45) is 0 Å². The van der Waals surface area contributed by atoms with Crippen molar-refractivity contribution in [3.05, 3.63) is 85.3 Å². The maximum atomic E-state index is 13.2. The van der Waals surface area contributed by atoms with Gasteiger partial charge in [-0.25, -0.2) is 0 Å². The van der Waals surface area contributed by atoms with E-state index >= 15 is 0 Å². The molecule has 0 saturated heterocycles. The fourth-order valence-electron chi connectivity index (χ4n) is 3.03. The van der Waals surface area contributed by atoms with E-state index in [1.165, 1.54) is 0 Å². The summed E-state index contributed by atoms with van der Waals surface area (Å²) in [6.07, 6.45) is 0.225. The molecule has 0 saturated carbocycles. The minimum atomic E-state index is -0.0735. The Labute approximate surface area is 198 Å². The minimum absolute atomic E-state index is 0.0735. The first-order chi connectivity index (χ1) is 14.3. The average Bonchev–Trinajstić information content (AvgIpc) is 2.71. The number of methoxy groups -OCH3 is 1. The van der Waals surface area contributed by atoms with Crippen molar-refractivity contribution in [3.63, 3.8) is 0 Å². The van der Waals surface area contributed by atoms with Crippen molar-refractivity contribution in [2.45, 2.75) is 26.2 Å². The third kappa shape index (κ3) is 5.26. The summed E-state index contributed by atoms with van der Waals surface area (Å²) < 4.78 is 13.3. The number of ether oxygens (including phenoxy) is 2. The molecule has 0 atom stereocenters. The lowest BCUT2D eigenvalue weighted by Crippen LogP contribution is -2.08.